The van der Waals surface area contributed by atoms with Gasteiger partial charge in [0, 0.05) is 13.1 Å². The quantitative estimate of drug-likeness (QED) is 0.645. The fourth-order valence-electron chi connectivity index (χ4n) is 1.37. The van der Waals surface area contributed by atoms with Gasteiger partial charge in [-0.15, -0.1) is 0 Å². The zero-order chi connectivity index (χ0) is 9.68. The van der Waals surface area contributed by atoms with E-state index in [1.807, 2.05) is 7.05 Å². The van der Waals surface area contributed by atoms with Crippen LogP contribution in [-0.2, 0) is 9.47 Å². The van der Waals surface area contributed by atoms with Crippen LogP contribution in [0.2, 0.25) is 0 Å². The van der Waals surface area contributed by atoms with Crippen molar-refractivity contribution >= 4 is 6.09 Å². The van der Waals surface area contributed by atoms with Crippen molar-refractivity contribution in [3.63, 3.8) is 0 Å². The fraction of sp³-hybridized carbons (Fsp3) is 0.875. The van der Waals surface area contributed by atoms with E-state index in [1.54, 1.807) is 4.90 Å². The molecule has 1 fully saturated rings. The van der Waals surface area contributed by atoms with E-state index in [4.69, 9.17) is 4.74 Å². The van der Waals surface area contributed by atoms with Crippen LogP contribution < -0.4 is 5.32 Å². The van der Waals surface area contributed by atoms with E-state index >= 15 is 0 Å². The molecular formula is C8H16N2O3. The molecule has 0 aromatic heterocycles. The zero-order valence-corrected chi connectivity index (χ0v) is 8.08. The summed E-state index contributed by atoms with van der Waals surface area (Å²) < 4.78 is 10.1. The predicted molar refractivity (Wildman–Crippen MR) is 47.6 cm³/mol. The third-order valence-corrected chi connectivity index (χ3v) is 2.00. The van der Waals surface area contributed by atoms with Crippen molar-refractivity contribution in [2.75, 3.05) is 40.4 Å². The lowest BCUT2D eigenvalue weighted by Crippen LogP contribution is -2.48. The second-order valence-electron chi connectivity index (χ2n) is 2.97. The molecule has 1 amide bonds. The first-order valence-corrected chi connectivity index (χ1v) is 4.37. The Balaban J connectivity index is 2.37. The standard InChI is InChI=1S/C8H16N2O3/c1-9-5-7-6-10(3-4-13-7)8(11)12-2/h7,9H,3-6H2,1-2H3. The molecule has 0 radical (unpaired) electrons. The van der Waals surface area contributed by atoms with Gasteiger partial charge in [-0.3, -0.25) is 0 Å². The van der Waals surface area contributed by atoms with Gasteiger partial charge in [-0.25, -0.2) is 4.79 Å². The highest BCUT2D eigenvalue weighted by molar-refractivity contribution is 5.67. The van der Waals surface area contributed by atoms with Crippen LogP contribution in [-0.4, -0.2) is 57.5 Å². The molecule has 0 spiro atoms. The SMILES string of the molecule is CNCC1CN(C(=O)OC)CCO1. The Morgan fingerprint density at radius 1 is 1.77 bits per heavy atom. The third-order valence-electron chi connectivity index (χ3n) is 2.00. The van der Waals surface area contributed by atoms with Crippen LogP contribution in [0.3, 0.4) is 0 Å². The van der Waals surface area contributed by atoms with Gasteiger partial charge in [0.2, 0.25) is 0 Å². The summed E-state index contributed by atoms with van der Waals surface area (Å²) in [6.07, 6.45) is -0.192. The van der Waals surface area contributed by atoms with Gasteiger partial charge in [0.1, 0.15) is 0 Å². The predicted octanol–water partition coefficient (Wildman–Crippen LogP) is -0.327. The lowest BCUT2D eigenvalue weighted by Gasteiger charge is -2.31. The molecule has 1 heterocycles. The van der Waals surface area contributed by atoms with Crippen molar-refractivity contribution in [2.24, 2.45) is 0 Å². The molecule has 1 atom stereocenters. The van der Waals surface area contributed by atoms with Crippen molar-refractivity contribution in [2.45, 2.75) is 6.10 Å². The average molecular weight is 188 g/mol. The Bertz CT molecular complexity index is 173. The molecule has 1 aliphatic rings. The van der Waals surface area contributed by atoms with Crippen molar-refractivity contribution in [3.8, 4) is 0 Å². The summed E-state index contributed by atoms with van der Waals surface area (Å²) in [7, 11) is 3.26. The van der Waals surface area contributed by atoms with Crippen LogP contribution in [0.4, 0.5) is 4.79 Å². The number of methoxy groups -OCH3 is 1. The second kappa shape index (κ2) is 5.04. The number of nitrogens with one attached hydrogen (secondary N) is 1. The van der Waals surface area contributed by atoms with Gasteiger partial charge in [-0.05, 0) is 7.05 Å². The molecule has 0 saturated carbocycles. The van der Waals surface area contributed by atoms with Gasteiger partial charge in [-0.1, -0.05) is 0 Å². The molecule has 13 heavy (non-hydrogen) atoms. The third kappa shape index (κ3) is 2.86. The van der Waals surface area contributed by atoms with E-state index in [9.17, 15) is 4.79 Å². The van der Waals surface area contributed by atoms with E-state index in [-0.39, 0.29) is 12.2 Å². The number of carbonyl (C=O) groups is 1. The Hall–Kier alpha value is -0.810. The highest BCUT2D eigenvalue weighted by atomic mass is 16.5. The molecule has 0 aromatic carbocycles. The summed E-state index contributed by atoms with van der Waals surface area (Å²) in [6, 6.07) is 0. The lowest BCUT2D eigenvalue weighted by atomic mass is 10.3. The van der Waals surface area contributed by atoms with Crippen LogP contribution in [0, 0.1) is 0 Å². The molecule has 76 valence electrons. The molecule has 5 heteroatoms. The number of carbonyl (C=O) groups excluding carboxylic acids is 1. The molecule has 5 nitrogen and oxygen atoms in total. The highest BCUT2D eigenvalue weighted by Crippen LogP contribution is 2.05. The van der Waals surface area contributed by atoms with E-state index in [1.165, 1.54) is 7.11 Å². The minimum absolute atomic E-state index is 0.0813. The normalized spacial score (nSPS) is 22.9. The van der Waals surface area contributed by atoms with Crippen LogP contribution >= 0.6 is 0 Å². The van der Waals surface area contributed by atoms with Crippen molar-refractivity contribution < 1.29 is 14.3 Å². The van der Waals surface area contributed by atoms with Gasteiger partial charge in [0.25, 0.3) is 0 Å². The molecule has 1 unspecified atom stereocenters. The van der Waals surface area contributed by atoms with Crippen LogP contribution in [0.5, 0.6) is 0 Å². The summed E-state index contributed by atoms with van der Waals surface area (Å²) in [4.78, 5) is 12.8. The van der Waals surface area contributed by atoms with Gasteiger partial charge >= 0.3 is 6.09 Å². The number of nitrogens with zero attached hydrogens (tertiary/aromatic N) is 1. The molecule has 1 rings (SSSR count). The molecule has 0 bridgehead atoms. The number of amides is 1. The Morgan fingerprint density at radius 2 is 2.54 bits per heavy atom. The second-order valence-corrected chi connectivity index (χ2v) is 2.97. The molecular weight excluding hydrogens is 172 g/mol. The minimum Gasteiger partial charge on any atom is -0.453 e. The molecule has 1 aliphatic heterocycles. The zero-order valence-electron chi connectivity index (χ0n) is 8.08. The Labute approximate surface area is 78.0 Å². The molecule has 0 aromatic rings. The maximum atomic E-state index is 11.1. The van der Waals surface area contributed by atoms with Gasteiger partial charge in [0.15, 0.2) is 0 Å². The monoisotopic (exact) mass is 188 g/mol. The Kier molecular flexibility index (Phi) is 3.98. The van der Waals surface area contributed by atoms with Gasteiger partial charge in [0.05, 0.1) is 26.4 Å². The summed E-state index contributed by atoms with van der Waals surface area (Å²) in [5, 5.41) is 3.01. The highest BCUT2D eigenvalue weighted by Gasteiger charge is 2.23. The smallest absolute Gasteiger partial charge is 0.409 e. The average Bonchev–Trinajstić information content (AvgIpc) is 2.18. The van der Waals surface area contributed by atoms with Crippen LogP contribution in [0.15, 0.2) is 0 Å². The topological polar surface area (TPSA) is 50.8 Å². The maximum Gasteiger partial charge on any atom is 0.409 e. The van der Waals surface area contributed by atoms with Gasteiger partial charge in [-0.2, -0.15) is 0 Å². The van der Waals surface area contributed by atoms with E-state index in [0.29, 0.717) is 19.7 Å². The van der Waals surface area contributed by atoms with Crippen molar-refractivity contribution in [1.29, 1.82) is 0 Å². The number of likely N-dealkylation sites (N-methyl/N-ethyl adjacent to an activating group) is 1. The van der Waals surface area contributed by atoms with Crippen LogP contribution in [0.1, 0.15) is 0 Å². The van der Waals surface area contributed by atoms with E-state index in [2.05, 4.69) is 10.1 Å². The number of hydrogen-bond acceptors (Lipinski definition) is 4. The van der Waals surface area contributed by atoms with Crippen molar-refractivity contribution in [1.82, 2.24) is 10.2 Å². The van der Waals surface area contributed by atoms with Crippen molar-refractivity contribution in [3.05, 3.63) is 0 Å². The molecule has 1 saturated heterocycles. The van der Waals surface area contributed by atoms with Crippen LogP contribution in [0.25, 0.3) is 0 Å². The number of rotatable bonds is 2. The van der Waals surface area contributed by atoms with E-state index in [0.717, 1.165) is 6.54 Å². The summed E-state index contributed by atoms with van der Waals surface area (Å²) in [5.74, 6) is 0. The summed E-state index contributed by atoms with van der Waals surface area (Å²) in [6.45, 7) is 2.56. The lowest BCUT2D eigenvalue weighted by molar-refractivity contribution is -0.0224. The molecule has 1 N–H and O–H groups in total. The number of morpholine rings is 1. The Morgan fingerprint density at radius 3 is 3.15 bits per heavy atom. The van der Waals surface area contributed by atoms with Gasteiger partial charge < -0.3 is 19.7 Å². The first-order valence-electron chi connectivity index (χ1n) is 4.37. The number of hydrogen-bond donors (Lipinski definition) is 1. The minimum atomic E-state index is -0.274. The summed E-state index contributed by atoms with van der Waals surface area (Å²) in [5.41, 5.74) is 0. The largest absolute Gasteiger partial charge is 0.453 e. The fourth-order valence-corrected chi connectivity index (χ4v) is 1.37. The molecule has 0 aliphatic carbocycles. The first kappa shape index (κ1) is 10.3. The summed E-state index contributed by atoms with van der Waals surface area (Å²) >= 11 is 0. The number of ether oxygens (including phenoxy) is 2. The first-order chi connectivity index (χ1) is 6.27. The van der Waals surface area contributed by atoms with E-state index < -0.39 is 0 Å². The maximum absolute atomic E-state index is 11.1.